The zero-order chi connectivity index (χ0) is 15.8. The van der Waals surface area contributed by atoms with Gasteiger partial charge in [0.2, 0.25) is 0 Å². The smallest absolute Gasteiger partial charge is 0.330 e. The third-order valence-corrected chi connectivity index (χ3v) is 3.00. The number of ether oxygens (including phenoxy) is 2. The van der Waals surface area contributed by atoms with Gasteiger partial charge in [-0.25, -0.2) is 9.59 Å². The first kappa shape index (κ1) is 17.3. The summed E-state index contributed by atoms with van der Waals surface area (Å²) >= 11 is 12.1. The molecule has 0 aliphatic carbocycles. The molecule has 1 aromatic heterocycles. The zero-order valence-corrected chi connectivity index (χ0v) is 13.1. The lowest BCUT2D eigenvalue weighted by molar-refractivity contribution is -0.138. The Morgan fingerprint density at radius 2 is 1.57 bits per heavy atom. The molecule has 0 saturated carbocycles. The fourth-order valence-electron chi connectivity index (χ4n) is 1.43. The number of carbonyl (C=O) groups is 2. The van der Waals surface area contributed by atoms with E-state index in [9.17, 15) is 9.59 Å². The van der Waals surface area contributed by atoms with Gasteiger partial charge >= 0.3 is 11.9 Å². The molecule has 0 aliphatic rings. The fourth-order valence-corrected chi connectivity index (χ4v) is 2.00. The number of nitrogens with one attached hydrogen (secondary N) is 1. The van der Waals surface area contributed by atoms with Crippen molar-refractivity contribution in [3.05, 3.63) is 33.6 Å². The van der Waals surface area contributed by atoms with Crippen molar-refractivity contribution >= 4 is 47.3 Å². The molecule has 0 fully saturated rings. The lowest BCUT2D eigenvalue weighted by atomic mass is 10.2. The summed E-state index contributed by atoms with van der Waals surface area (Å²) in [6, 6.07) is 0. The third kappa shape index (κ3) is 5.28. The molecule has 0 unspecified atom stereocenters. The molecule has 0 aliphatic heterocycles. The maximum atomic E-state index is 11.3. The van der Waals surface area contributed by atoms with Gasteiger partial charge in [-0.05, 0) is 26.0 Å². The van der Waals surface area contributed by atoms with Crippen LogP contribution in [0.2, 0.25) is 10.2 Å². The van der Waals surface area contributed by atoms with Gasteiger partial charge in [0, 0.05) is 17.7 Å². The molecule has 1 rings (SSSR count). The molecule has 1 N–H and O–H groups in total. The molecule has 0 spiro atoms. The highest BCUT2D eigenvalue weighted by Crippen LogP contribution is 2.30. The quantitative estimate of drug-likeness (QED) is 0.640. The van der Waals surface area contributed by atoms with Crippen LogP contribution in [0.5, 0.6) is 0 Å². The van der Waals surface area contributed by atoms with E-state index in [4.69, 9.17) is 32.7 Å². The van der Waals surface area contributed by atoms with E-state index >= 15 is 0 Å². The number of rotatable bonds is 6. The van der Waals surface area contributed by atoms with Crippen molar-refractivity contribution in [3.63, 3.8) is 0 Å². The number of aromatic nitrogens is 1. The summed E-state index contributed by atoms with van der Waals surface area (Å²) < 4.78 is 9.51. The second-order valence-corrected chi connectivity index (χ2v) is 4.51. The van der Waals surface area contributed by atoms with Gasteiger partial charge in [0.1, 0.15) is 5.15 Å². The van der Waals surface area contributed by atoms with Gasteiger partial charge in [-0.1, -0.05) is 23.2 Å². The van der Waals surface area contributed by atoms with Gasteiger partial charge in [-0.2, -0.15) is 0 Å². The van der Waals surface area contributed by atoms with Crippen molar-refractivity contribution in [1.82, 2.24) is 4.98 Å². The third-order valence-electron chi connectivity index (χ3n) is 2.30. The van der Waals surface area contributed by atoms with E-state index in [0.717, 1.165) is 0 Å². The molecule has 0 radical (unpaired) electrons. The van der Waals surface area contributed by atoms with Gasteiger partial charge in [-0.3, -0.25) is 0 Å². The van der Waals surface area contributed by atoms with Crippen molar-refractivity contribution in [2.75, 3.05) is 13.2 Å². The second-order valence-electron chi connectivity index (χ2n) is 3.75. The highest BCUT2D eigenvalue weighted by molar-refractivity contribution is 6.38. The van der Waals surface area contributed by atoms with Crippen LogP contribution in [0.4, 0.5) is 0 Å². The van der Waals surface area contributed by atoms with E-state index in [0.29, 0.717) is 16.3 Å². The van der Waals surface area contributed by atoms with Crippen molar-refractivity contribution in [2.45, 2.75) is 13.8 Å². The average molecular weight is 332 g/mol. The normalized spacial score (nSPS) is 11.2. The first-order chi connectivity index (χ1) is 9.99. The van der Waals surface area contributed by atoms with E-state index in [1.54, 1.807) is 13.8 Å². The number of H-pyrrole nitrogens is 1. The van der Waals surface area contributed by atoms with Crippen LogP contribution in [0.25, 0.3) is 12.2 Å². The molecule has 21 heavy (non-hydrogen) atoms. The maximum absolute atomic E-state index is 11.3. The Hall–Kier alpha value is -1.72. The predicted octanol–water partition coefficient (Wildman–Crippen LogP) is 3.47. The van der Waals surface area contributed by atoms with Crippen LogP contribution in [-0.2, 0) is 19.1 Å². The van der Waals surface area contributed by atoms with Crippen molar-refractivity contribution < 1.29 is 19.1 Å². The fraction of sp³-hybridized carbons (Fsp3) is 0.286. The average Bonchev–Trinajstić information content (AvgIpc) is 2.70. The summed E-state index contributed by atoms with van der Waals surface area (Å²) in [6.45, 7) is 3.99. The van der Waals surface area contributed by atoms with Crippen LogP contribution in [0, 0.1) is 0 Å². The van der Waals surface area contributed by atoms with Crippen LogP contribution in [0.3, 0.4) is 0 Å². The number of hydrogen-bond acceptors (Lipinski definition) is 4. The summed E-state index contributed by atoms with van der Waals surface area (Å²) in [5.74, 6) is -0.975. The Morgan fingerprint density at radius 3 is 2.10 bits per heavy atom. The van der Waals surface area contributed by atoms with Crippen molar-refractivity contribution in [2.24, 2.45) is 0 Å². The lowest BCUT2D eigenvalue weighted by Crippen LogP contribution is -1.98. The summed E-state index contributed by atoms with van der Waals surface area (Å²) in [5, 5.41) is 0.546. The SMILES string of the molecule is CCOC(=O)/C=C/c1[nH]c(Cl)c(/C=C/C(=O)OCC)c1Cl. The van der Waals surface area contributed by atoms with E-state index in [1.165, 1.54) is 24.3 Å². The minimum absolute atomic E-state index is 0.254. The van der Waals surface area contributed by atoms with Gasteiger partial charge < -0.3 is 14.5 Å². The summed E-state index contributed by atoms with van der Waals surface area (Å²) in [4.78, 5) is 25.3. The molecular formula is C14H15Cl2NO4. The number of esters is 2. The summed E-state index contributed by atoms with van der Waals surface area (Å²) in [5.41, 5.74) is 0.883. The standard InChI is InChI=1S/C14H15Cl2NO4/c1-3-20-11(18)7-5-9-13(15)10(17-14(9)16)6-8-12(19)21-4-2/h5-8,17H,3-4H2,1-2H3/b7-5+,8-6+. The molecule has 1 aromatic rings. The highest BCUT2D eigenvalue weighted by atomic mass is 35.5. The number of halogens is 2. The lowest BCUT2D eigenvalue weighted by Gasteiger charge is -1.95. The minimum Gasteiger partial charge on any atom is -0.463 e. The highest BCUT2D eigenvalue weighted by Gasteiger charge is 2.11. The largest absolute Gasteiger partial charge is 0.463 e. The maximum Gasteiger partial charge on any atom is 0.330 e. The van der Waals surface area contributed by atoms with E-state index < -0.39 is 11.9 Å². The Kier molecular flexibility index (Phi) is 7.05. The predicted molar refractivity (Wildman–Crippen MR) is 82.1 cm³/mol. The van der Waals surface area contributed by atoms with E-state index in [1.807, 2.05) is 0 Å². The molecule has 7 heteroatoms. The Labute approximate surface area is 132 Å². The molecule has 0 saturated heterocycles. The number of carbonyl (C=O) groups excluding carboxylic acids is 2. The molecular weight excluding hydrogens is 317 g/mol. The molecule has 5 nitrogen and oxygen atoms in total. The van der Waals surface area contributed by atoms with Gasteiger partial charge in [0.25, 0.3) is 0 Å². The first-order valence-electron chi connectivity index (χ1n) is 6.26. The van der Waals surface area contributed by atoms with Gasteiger partial charge in [0.15, 0.2) is 0 Å². The zero-order valence-electron chi connectivity index (χ0n) is 11.6. The Bertz CT molecular complexity index is 576. The van der Waals surface area contributed by atoms with Crippen LogP contribution in [0.15, 0.2) is 12.2 Å². The van der Waals surface area contributed by atoms with E-state index in [-0.39, 0.29) is 18.4 Å². The summed E-state index contributed by atoms with van der Waals surface area (Å²) in [6.07, 6.45) is 5.36. The topological polar surface area (TPSA) is 68.4 Å². The van der Waals surface area contributed by atoms with Crippen LogP contribution in [0.1, 0.15) is 25.1 Å². The summed E-state index contributed by atoms with van der Waals surface area (Å²) in [7, 11) is 0. The Morgan fingerprint density at radius 1 is 1.05 bits per heavy atom. The number of hydrogen-bond donors (Lipinski definition) is 1. The van der Waals surface area contributed by atoms with E-state index in [2.05, 4.69) is 4.98 Å². The number of aromatic amines is 1. The molecule has 0 bridgehead atoms. The molecule has 1 heterocycles. The van der Waals surface area contributed by atoms with Crippen LogP contribution in [-0.4, -0.2) is 30.1 Å². The molecule has 0 atom stereocenters. The second kappa shape index (κ2) is 8.54. The first-order valence-corrected chi connectivity index (χ1v) is 7.01. The van der Waals surface area contributed by atoms with Crippen molar-refractivity contribution in [1.29, 1.82) is 0 Å². The van der Waals surface area contributed by atoms with Gasteiger partial charge in [-0.15, -0.1) is 0 Å². The Balaban J connectivity index is 2.90. The monoisotopic (exact) mass is 331 g/mol. The minimum atomic E-state index is -0.491. The molecule has 0 aromatic carbocycles. The molecule has 0 amide bonds. The van der Waals surface area contributed by atoms with Crippen LogP contribution >= 0.6 is 23.2 Å². The van der Waals surface area contributed by atoms with Crippen molar-refractivity contribution in [3.8, 4) is 0 Å². The van der Waals surface area contributed by atoms with Gasteiger partial charge in [0.05, 0.1) is 23.9 Å². The van der Waals surface area contributed by atoms with Crippen LogP contribution < -0.4 is 0 Å². The molecule has 114 valence electrons.